The van der Waals surface area contributed by atoms with Crippen LogP contribution >= 0.6 is 15.9 Å². The summed E-state index contributed by atoms with van der Waals surface area (Å²) in [6.07, 6.45) is 2.73. The standard InChI is InChI=1S/C14H18BrNO/c15-13-5-3-12(4-6-13)14(8-16-9-14)10-17-7-11-1-2-11/h3-6,11,16H,1-2,7-10H2. The van der Waals surface area contributed by atoms with E-state index in [1.807, 2.05) is 0 Å². The van der Waals surface area contributed by atoms with Crippen LogP contribution in [0.4, 0.5) is 0 Å². The molecule has 1 saturated heterocycles. The van der Waals surface area contributed by atoms with E-state index in [1.165, 1.54) is 18.4 Å². The van der Waals surface area contributed by atoms with Crippen LogP contribution in [0.3, 0.4) is 0 Å². The van der Waals surface area contributed by atoms with Crippen LogP contribution in [0.15, 0.2) is 28.7 Å². The molecule has 92 valence electrons. The van der Waals surface area contributed by atoms with Gasteiger partial charge in [0.05, 0.1) is 6.61 Å². The molecule has 0 aromatic heterocycles. The van der Waals surface area contributed by atoms with E-state index in [2.05, 4.69) is 45.5 Å². The minimum atomic E-state index is 0.218. The molecule has 1 aliphatic carbocycles. The summed E-state index contributed by atoms with van der Waals surface area (Å²) in [4.78, 5) is 0. The van der Waals surface area contributed by atoms with Crippen molar-refractivity contribution in [1.82, 2.24) is 5.32 Å². The zero-order valence-electron chi connectivity index (χ0n) is 9.92. The Labute approximate surface area is 111 Å². The average Bonchev–Trinajstić information content (AvgIpc) is 3.08. The monoisotopic (exact) mass is 295 g/mol. The van der Waals surface area contributed by atoms with Crippen molar-refractivity contribution in [2.24, 2.45) is 5.92 Å². The molecule has 3 rings (SSSR count). The fraction of sp³-hybridized carbons (Fsp3) is 0.571. The molecule has 0 unspecified atom stereocenters. The average molecular weight is 296 g/mol. The maximum atomic E-state index is 5.90. The minimum absolute atomic E-state index is 0.218. The molecule has 1 saturated carbocycles. The first-order valence-corrected chi connectivity index (χ1v) is 7.12. The van der Waals surface area contributed by atoms with Gasteiger partial charge in [0.15, 0.2) is 0 Å². The van der Waals surface area contributed by atoms with Crippen LogP contribution < -0.4 is 5.32 Å². The van der Waals surface area contributed by atoms with E-state index in [9.17, 15) is 0 Å². The Hall–Kier alpha value is -0.380. The normalized spacial score (nSPS) is 22.2. The molecular formula is C14H18BrNO. The van der Waals surface area contributed by atoms with E-state index in [4.69, 9.17) is 4.74 Å². The molecule has 0 amide bonds. The van der Waals surface area contributed by atoms with E-state index >= 15 is 0 Å². The minimum Gasteiger partial charge on any atom is -0.380 e. The van der Waals surface area contributed by atoms with Gasteiger partial charge in [0.25, 0.3) is 0 Å². The number of nitrogens with one attached hydrogen (secondary N) is 1. The molecule has 0 bridgehead atoms. The van der Waals surface area contributed by atoms with Gasteiger partial charge in [0.1, 0.15) is 0 Å². The van der Waals surface area contributed by atoms with E-state index in [1.54, 1.807) is 0 Å². The lowest BCUT2D eigenvalue weighted by Gasteiger charge is -2.43. The van der Waals surface area contributed by atoms with Gasteiger partial charge in [0, 0.05) is 29.6 Å². The molecule has 0 radical (unpaired) electrons. The van der Waals surface area contributed by atoms with Gasteiger partial charge in [-0.2, -0.15) is 0 Å². The molecular weight excluding hydrogens is 278 g/mol. The van der Waals surface area contributed by atoms with Crippen LogP contribution in [0.25, 0.3) is 0 Å². The summed E-state index contributed by atoms with van der Waals surface area (Å²) in [6, 6.07) is 8.67. The highest BCUT2D eigenvalue weighted by Crippen LogP contribution is 2.32. The SMILES string of the molecule is Brc1ccc(C2(COCC3CC3)CNC2)cc1. The number of hydrogen-bond donors (Lipinski definition) is 1. The fourth-order valence-electron chi connectivity index (χ4n) is 2.33. The topological polar surface area (TPSA) is 21.3 Å². The quantitative estimate of drug-likeness (QED) is 0.902. The largest absolute Gasteiger partial charge is 0.380 e. The number of ether oxygens (including phenoxy) is 1. The summed E-state index contributed by atoms with van der Waals surface area (Å²) in [5.41, 5.74) is 1.62. The highest BCUT2D eigenvalue weighted by molar-refractivity contribution is 9.10. The first-order valence-electron chi connectivity index (χ1n) is 6.33. The summed E-state index contributed by atoms with van der Waals surface area (Å²) in [5.74, 6) is 0.852. The molecule has 1 aliphatic heterocycles. The van der Waals surface area contributed by atoms with Gasteiger partial charge in [-0.25, -0.2) is 0 Å². The van der Waals surface area contributed by atoms with E-state index < -0.39 is 0 Å². The first-order chi connectivity index (χ1) is 8.28. The number of halogens is 1. The number of hydrogen-bond acceptors (Lipinski definition) is 2. The molecule has 3 heteroatoms. The molecule has 0 atom stereocenters. The molecule has 0 spiro atoms. The second-order valence-corrected chi connectivity index (χ2v) is 6.26. The number of rotatable bonds is 5. The van der Waals surface area contributed by atoms with E-state index in [-0.39, 0.29) is 5.41 Å². The molecule has 1 heterocycles. The Kier molecular flexibility index (Phi) is 3.24. The molecule has 2 fully saturated rings. The van der Waals surface area contributed by atoms with Crippen molar-refractivity contribution in [1.29, 1.82) is 0 Å². The summed E-state index contributed by atoms with van der Waals surface area (Å²) >= 11 is 3.49. The summed E-state index contributed by atoms with van der Waals surface area (Å²) in [5, 5.41) is 3.38. The van der Waals surface area contributed by atoms with Crippen LogP contribution in [0, 0.1) is 5.92 Å². The second-order valence-electron chi connectivity index (χ2n) is 5.35. The Balaban J connectivity index is 1.65. The Morgan fingerprint density at radius 1 is 1.24 bits per heavy atom. The highest BCUT2D eigenvalue weighted by Gasteiger charge is 2.39. The lowest BCUT2D eigenvalue weighted by atomic mass is 9.76. The van der Waals surface area contributed by atoms with E-state index in [0.29, 0.717) is 0 Å². The molecule has 1 aromatic carbocycles. The molecule has 2 aliphatic rings. The van der Waals surface area contributed by atoms with Gasteiger partial charge in [-0.1, -0.05) is 28.1 Å². The van der Waals surface area contributed by atoms with Crippen LogP contribution in [0.2, 0.25) is 0 Å². The van der Waals surface area contributed by atoms with Crippen molar-refractivity contribution in [2.75, 3.05) is 26.3 Å². The molecule has 2 nitrogen and oxygen atoms in total. The van der Waals surface area contributed by atoms with Gasteiger partial charge >= 0.3 is 0 Å². The van der Waals surface area contributed by atoms with Crippen LogP contribution in [-0.4, -0.2) is 26.3 Å². The first kappa shape index (κ1) is 11.7. The third kappa shape index (κ3) is 2.56. The summed E-state index contributed by atoms with van der Waals surface area (Å²) in [6.45, 7) is 3.90. The molecule has 1 N–H and O–H groups in total. The zero-order valence-corrected chi connectivity index (χ0v) is 11.5. The predicted octanol–water partition coefficient (Wildman–Crippen LogP) is 2.72. The van der Waals surface area contributed by atoms with Crippen molar-refractivity contribution in [2.45, 2.75) is 18.3 Å². The van der Waals surface area contributed by atoms with Crippen LogP contribution in [-0.2, 0) is 10.2 Å². The van der Waals surface area contributed by atoms with Gasteiger partial charge < -0.3 is 10.1 Å². The van der Waals surface area contributed by atoms with Crippen LogP contribution in [0.5, 0.6) is 0 Å². The highest BCUT2D eigenvalue weighted by atomic mass is 79.9. The van der Waals surface area contributed by atoms with Gasteiger partial charge in [0.2, 0.25) is 0 Å². The third-order valence-corrected chi connectivity index (χ3v) is 4.34. The van der Waals surface area contributed by atoms with Gasteiger partial charge in [-0.05, 0) is 36.5 Å². The van der Waals surface area contributed by atoms with Crippen LogP contribution in [0.1, 0.15) is 18.4 Å². The number of benzene rings is 1. The second kappa shape index (κ2) is 4.71. The van der Waals surface area contributed by atoms with Gasteiger partial charge in [-0.15, -0.1) is 0 Å². The Morgan fingerprint density at radius 3 is 2.47 bits per heavy atom. The predicted molar refractivity (Wildman–Crippen MR) is 72.2 cm³/mol. The van der Waals surface area contributed by atoms with Crippen molar-refractivity contribution in [3.05, 3.63) is 34.3 Å². The van der Waals surface area contributed by atoms with Crippen molar-refractivity contribution in [3.63, 3.8) is 0 Å². The Morgan fingerprint density at radius 2 is 1.94 bits per heavy atom. The third-order valence-electron chi connectivity index (χ3n) is 3.81. The van der Waals surface area contributed by atoms with E-state index in [0.717, 1.165) is 36.7 Å². The van der Waals surface area contributed by atoms with Gasteiger partial charge in [-0.3, -0.25) is 0 Å². The summed E-state index contributed by atoms with van der Waals surface area (Å²) < 4.78 is 7.04. The lowest BCUT2D eigenvalue weighted by molar-refractivity contribution is 0.0514. The zero-order chi connectivity index (χ0) is 11.7. The van der Waals surface area contributed by atoms with Crippen molar-refractivity contribution in [3.8, 4) is 0 Å². The maximum absolute atomic E-state index is 5.90. The van der Waals surface area contributed by atoms with Crippen molar-refractivity contribution < 1.29 is 4.74 Å². The van der Waals surface area contributed by atoms with Crippen molar-refractivity contribution >= 4 is 15.9 Å². The Bertz CT molecular complexity index is 382. The molecule has 1 aromatic rings. The lowest BCUT2D eigenvalue weighted by Crippen LogP contribution is -2.59. The smallest absolute Gasteiger partial charge is 0.0587 e. The maximum Gasteiger partial charge on any atom is 0.0587 e. The molecule has 17 heavy (non-hydrogen) atoms. The fourth-order valence-corrected chi connectivity index (χ4v) is 2.59. The summed E-state index contributed by atoms with van der Waals surface area (Å²) in [7, 11) is 0.